The highest BCUT2D eigenvalue weighted by molar-refractivity contribution is 7.09. The molecule has 2 aliphatic carbocycles. The van der Waals surface area contributed by atoms with Gasteiger partial charge in [-0.25, -0.2) is 4.98 Å². The van der Waals surface area contributed by atoms with E-state index >= 15 is 0 Å². The fourth-order valence-electron chi connectivity index (χ4n) is 1.93. The van der Waals surface area contributed by atoms with Gasteiger partial charge in [0.1, 0.15) is 0 Å². The zero-order chi connectivity index (χ0) is 8.67. The van der Waals surface area contributed by atoms with Gasteiger partial charge in [-0.15, -0.1) is 11.3 Å². The molecule has 0 aromatic carbocycles. The number of thiazole rings is 1. The van der Waals surface area contributed by atoms with Crippen molar-refractivity contribution in [3.05, 3.63) is 16.1 Å². The minimum Gasteiger partial charge on any atom is -0.246 e. The van der Waals surface area contributed by atoms with Crippen molar-refractivity contribution in [3.63, 3.8) is 0 Å². The van der Waals surface area contributed by atoms with Crippen LogP contribution in [0.4, 0.5) is 0 Å². The Kier molecular flexibility index (Phi) is 1.90. The molecule has 0 amide bonds. The van der Waals surface area contributed by atoms with E-state index in [0.29, 0.717) is 0 Å². The quantitative estimate of drug-likeness (QED) is 0.717. The van der Waals surface area contributed by atoms with Gasteiger partial charge >= 0.3 is 0 Å². The number of nitrogens with zero attached hydrogens (tertiary/aromatic N) is 1. The standard InChI is InChI=1S/C11H15NS/c1-2-8(3-1)6-11-12-10(7-13-11)9-4-5-9/h7-9H,1-6H2. The Labute approximate surface area is 83.2 Å². The first-order chi connectivity index (χ1) is 6.42. The Balaban J connectivity index is 1.66. The van der Waals surface area contributed by atoms with E-state index in [-0.39, 0.29) is 0 Å². The summed E-state index contributed by atoms with van der Waals surface area (Å²) in [4.78, 5) is 4.71. The molecule has 70 valence electrons. The summed E-state index contributed by atoms with van der Waals surface area (Å²) in [5.74, 6) is 1.81. The van der Waals surface area contributed by atoms with Crippen LogP contribution >= 0.6 is 11.3 Å². The predicted molar refractivity (Wildman–Crippen MR) is 55.1 cm³/mol. The number of hydrogen-bond donors (Lipinski definition) is 0. The second-order valence-electron chi connectivity index (χ2n) is 4.44. The summed E-state index contributed by atoms with van der Waals surface area (Å²) in [5.41, 5.74) is 1.39. The van der Waals surface area contributed by atoms with Crippen molar-refractivity contribution in [1.82, 2.24) is 4.98 Å². The highest BCUT2D eigenvalue weighted by atomic mass is 32.1. The largest absolute Gasteiger partial charge is 0.246 e. The maximum absolute atomic E-state index is 4.71. The van der Waals surface area contributed by atoms with Crippen molar-refractivity contribution in [3.8, 4) is 0 Å². The molecule has 1 aromatic rings. The zero-order valence-corrected chi connectivity index (χ0v) is 8.65. The zero-order valence-electron chi connectivity index (χ0n) is 7.83. The maximum atomic E-state index is 4.71. The highest BCUT2D eigenvalue weighted by Crippen LogP contribution is 2.40. The van der Waals surface area contributed by atoms with Gasteiger partial charge in [-0.2, -0.15) is 0 Å². The van der Waals surface area contributed by atoms with Gasteiger partial charge in [-0.05, 0) is 18.8 Å². The van der Waals surface area contributed by atoms with E-state index in [9.17, 15) is 0 Å². The highest BCUT2D eigenvalue weighted by Gasteiger charge is 2.26. The normalized spacial score (nSPS) is 23.1. The van der Waals surface area contributed by atoms with Crippen LogP contribution in [0.1, 0.15) is 48.7 Å². The van der Waals surface area contributed by atoms with Crippen molar-refractivity contribution in [1.29, 1.82) is 0 Å². The van der Waals surface area contributed by atoms with Gasteiger partial charge in [0, 0.05) is 17.7 Å². The summed E-state index contributed by atoms with van der Waals surface area (Å²) in [6.45, 7) is 0. The van der Waals surface area contributed by atoms with Gasteiger partial charge in [0.15, 0.2) is 0 Å². The van der Waals surface area contributed by atoms with Crippen molar-refractivity contribution >= 4 is 11.3 Å². The first-order valence-corrected chi connectivity index (χ1v) is 6.24. The van der Waals surface area contributed by atoms with Crippen molar-refractivity contribution in [2.24, 2.45) is 5.92 Å². The summed E-state index contributed by atoms with van der Waals surface area (Å²) < 4.78 is 0. The molecule has 1 aromatic heterocycles. The summed E-state index contributed by atoms with van der Waals surface area (Å²) in [7, 11) is 0. The molecule has 2 saturated carbocycles. The van der Waals surface area contributed by atoms with Crippen LogP contribution in [-0.2, 0) is 6.42 Å². The Hall–Kier alpha value is -0.370. The Morgan fingerprint density at radius 3 is 2.77 bits per heavy atom. The van der Waals surface area contributed by atoms with Gasteiger partial charge in [-0.1, -0.05) is 19.3 Å². The lowest BCUT2D eigenvalue weighted by Crippen LogP contribution is -2.13. The van der Waals surface area contributed by atoms with Crippen LogP contribution in [0.2, 0.25) is 0 Å². The van der Waals surface area contributed by atoms with Gasteiger partial charge in [0.05, 0.1) is 10.7 Å². The van der Waals surface area contributed by atoms with Crippen molar-refractivity contribution in [2.75, 3.05) is 0 Å². The molecule has 3 rings (SSSR count). The molecular weight excluding hydrogens is 178 g/mol. The van der Waals surface area contributed by atoms with E-state index in [1.807, 2.05) is 11.3 Å². The molecule has 0 atom stereocenters. The molecular formula is C11H15NS. The topological polar surface area (TPSA) is 12.9 Å². The lowest BCUT2D eigenvalue weighted by Gasteiger charge is -2.23. The van der Waals surface area contributed by atoms with E-state index in [1.54, 1.807) is 0 Å². The molecule has 0 spiro atoms. The van der Waals surface area contributed by atoms with Crippen LogP contribution in [0.5, 0.6) is 0 Å². The van der Waals surface area contributed by atoms with E-state index in [1.165, 1.54) is 49.2 Å². The summed E-state index contributed by atoms with van der Waals surface area (Å²) in [6, 6.07) is 0. The second-order valence-corrected chi connectivity index (χ2v) is 5.38. The maximum Gasteiger partial charge on any atom is 0.0931 e. The van der Waals surface area contributed by atoms with Crippen LogP contribution in [0.25, 0.3) is 0 Å². The van der Waals surface area contributed by atoms with E-state index in [0.717, 1.165) is 11.8 Å². The van der Waals surface area contributed by atoms with E-state index in [2.05, 4.69) is 5.38 Å². The van der Waals surface area contributed by atoms with Crippen LogP contribution in [-0.4, -0.2) is 4.98 Å². The van der Waals surface area contributed by atoms with E-state index < -0.39 is 0 Å². The van der Waals surface area contributed by atoms with Gasteiger partial charge in [0.2, 0.25) is 0 Å². The molecule has 0 aliphatic heterocycles. The number of hydrogen-bond acceptors (Lipinski definition) is 2. The van der Waals surface area contributed by atoms with E-state index in [4.69, 9.17) is 4.98 Å². The van der Waals surface area contributed by atoms with Crippen LogP contribution in [0, 0.1) is 5.92 Å². The average Bonchev–Trinajstić information content (AvgIpc) is 2.80. The molecule has 2 heteroatoms. The smallest absolute Gasteiger partial charge is 0.0931 e. The molecule has 1 nitrogen and oxygen atoms in total. The molecule has 0 N–H and O–H groups in total. The second kappa shape index (κ2) is 3.09. The Morgan fingerprint density at radius 2 is 2.15 bits per heavy atom. The summed E-state index contributed by atoms with van der Waals surface area (Å²) >= 11 is 1.88. The SMILES string of the molecule is c1sc(CC2CCC2)nc1C1CC1. The first kappa shape index (κ1) is 7.98. The molecule has 0 unspecified atom stereocenters. The molecule has 2 aliphatic rings. The molecule has 0 radical (unpaired) electrons. The fraction of sp³-hybridized carbons (Fsp3) is 0.727. The van der Waals surface area contributed by atoms with Crippen LogP contribution in [0.15, 0.2) is 5.38 Å². The van der Waals surface area contributed by atoms with Gasteiger partial charge in [0.25, 0.3) is 0 Å². The third-order valence-electron chi connectivity index (χ3n) is 3.25. The lowest BCUT2D eigenvalue weighted by atomic mass is 9.83. The van der Waals surface area contributed by atoms with Crippen LogP contribution < -0.4 is 0 Å². The predicted octanol–water partition coefficient (Wildman–Crippen LogP) is 3.36. The van der Waals surface area contributed by atoms with Gasteiger partial charge < -0.3 is 0 Å². The third kappa shape index (κ3) is 1.64. The van der Waals surface area contributed by atoms with Crippen molar-refractivity contribution < 1.29 is 0 Å². The molecule has 1 heterocycles. The fourth-order valence-corrected chi connectivity index (χ4v) is 2.92. The molecule has 2 fully saturated rings. The molecule has 0 bridgehead atoms. The monoisotopic (exact) mass is 193 g/mol. The summed E-state index contributed by atoms with van der Waals surface area (Å²) in [6.07, 6.45) is 8.36. The third-order valence-corrected chi connectivity index (χ3v) is 4.14. The summed E-state index contributed by atoms with van der Waals surface area (Å²) in [5, 5.41) is 3.68. The lowest BCUT2D eigenvalue weighted by molar-refractivity contribution is 0.314. The van der Waals surface area contributed by atoms with Gasteiger partial charge in [-0.3, -0.25) is 0 Å². The molecule has 0 saturated heterocycles. The van der Waals surface area contributed by atoms with Crippen molar-refractivity contribution in [2.45, 2.75) is 44.4 Å². The minimum absolute atomic E-state index is 0.839. The first-order valence-electron chi connectivity index (χ1n) is 5.36. The van der Waals surface area contributed by atoms with Crippen LogP contribution in [0.3, 0.4) is 0 Å². The molecule has 13 heavy (non-hydrogen) atoms. The Bertz CT molecular complexity index is 297. The Morgan fingerprint density at radius 1 is 1.31 bits per heavy atom. The minimum atomic E-state index is 0.839. The number of rotatable bonds is 3. The number of aromatic nitrogens is 1. The average molecular weight is 193 g/mol.